The number of hydrogen-bond acceptors (Lipinski definition) is 6. The minimum atomic E-state index is -0.546. The number of rotatable bonds is 6. The molecule has 1 fully saturated rings. The maximum atomic E-state index is 12.6. The van der Waals surface area contributed by atoms with Crippen LogP contribution in [0.3, 0.4) is 0 Å². The van der Waals surface area contributed by atoms with E-state index in [0.29, 0.717) is 18.4 Å². The molecule has 6 rings (SSSR count). The van der Waals surface area contributed by atoms with Gasteiger partial charge in [0.1, 0.15) is 17.1 Å². The molecule has 3 heterocycles. The highest BCUT2D eigenvalue weighted by molar-refractivity contribution is 5.83. The molecule has 0 unspecified atom stereocenters. The summed E-state index contributed by atoms with van der Waals surface area (Å²) in [7, 11) is 0. The topological polar surface area (TPSA) is 91.2 Å². The van der Waals surface area contributed by atoms with E-state index in [1.165, 1.54) is 0 Å². The maximum Gasteiger partial charge on any atom is 0.408 e. The molecule has 1 saturated carbocycles. The van der Waals surface area contributed by atoms with E-state index >= 15 is 0 Å². The van der Waals surface area contributed by atoms with E-state index in [2.05, 4.69) is 76.4 Å². The average molecular weight is 552 g/mol. The number of amides is 1. The Morgan fingerprint density at radius 1 is 1.05 bits per heavy atom. The molecule has 2 aliphatic rings. The zero-order chi connectivity index (χ0) is 28.8. The Morgan fingerprint density at radius 2 is 1.78 bits per heavy atom. The lowest BCUT2D eigenvalue weighted by molar-refractivity contribution is 0.0377. The molecule has 2 aromatic heterocycles. The summed E-state index contributed by atoms with van der Waals surface area (Å²) < 4.78 is 13.8. The second-order valence-corrected chi connectivity index (χ2v) is 12.5. The van der Waals surface area contributed by atoms with Crippen molar-refractivity contribution < 1.29 is 14.3 Å². The van der Waals surface area contributed by atoms with Crippen molar-refractivity contribution in [1.29, 1.82) is 0 Å². The van der Waals surface area contributed by atoms with Crippen LogP contribution in [0.25, 0.3) is 28.1 Å². The zero-order valence-electron chi connectivity index (χ0n) is 24.4. The van der Waals surface area contributed by atoms with Crippen LogP contribution in [0.5, 0.6) is 5.88 Å². The predicted octanol–water partition coefficient (Wildman–Crippen LogP) is 6.99. The molecule has 8 heteroatoms. The minimum Gasteiger partial charge on any atom is -0.468 e. The van der Waals surface area contributed by atoms with E-state index in [0.717, 1.165) is 71.0 Å². The first-order chi connectivity index (χ1) is 19.6. The van der Waals surface area contributed by atoms with Gasteiger partial charge in [-0.3, -0.25) is 4.57 Å². The van der Waals surface area contributed by atoms with Gasteiger partial charge in [-0.05, 0) is 63.1 Å². The number of alkyl carbamates (subject to hydrolysis) is 1. The lowest BCUT2D eigenvalue weighted by Crippen LogP contribution is -2.52. The molecule has 4 aromatic rings. The van der Waals surface area contributed by atoms with Gasteiger partial charge in [0.05, 0.1) is 11.2 Å². The first kappa shape index (κ1) is 27.0. The molecule has 0 bridgehead atoms. The lowest BCUT2D eigenvalue weighted by Gasteiger charge is -2.43. The molecule has 1 aliphatic carbocycles. The molecular formula is C33H37N5O3. The summed E-state index contributed by atoms with van der Waals surface area (Å²) in [5.41, 5.74) is 4.86. The molecule has 41 heavy (non-hydrogen) atoms. The molecule has 2 aromatic carbocycles. The summed E-state index contributed by atoms with van der Waals surface area (Å²) >= 11 is 0. The first-order valence-corrected chi connectivity index (χ1v) is 14.4. The van der Waals surface area contributed by atoms with Crippen LogP contribution in [0.1, 0.15) is 71.1 Å². The third-order valence-electron chi connectivity index (χ3n) is 7.68. The normalized spacial score (nSPS) is 15.4. The summed E-state index contributed by atoms with van der Waals surface area (Å²) in [6, 6.07) is 20.8. The lowest BCUT2D eigenvalue weighted by atomic mass is 9.71. The number of aromatic nitrogens is 4. The third-order valence-corrected chi connectivity index (χ3v) is 7.68. The Hall–Kier alpha value is -4.20. The molecule has 0 atom stereocenters. The Morgan fingerprint density at radius 3 is 2.41 bits per heavy atom. The van der Waals surface area contributed by atoms with E-state index < -0.39 is 11.1 Å². The van der Waals surface area contributed by atoms with Gasteiger partial charge in [0.25, 0.3) is 0 Å². The molecular weight excluding hydrogens is 514 g/mol. The highest BCUT2D eigenvalue weighted by atomic mass is 16.6. The Kier molecular flexibility index (Phi) is 6.80. The van der Waals surface area contributed by atoms with Crippen molar-refractivity contribution in [2.75, 3.05) is 0 Å². The Bertz CT molecular complexity index is 1570. The molecule has 0 spiro atoms. The fraction of sp³-hybridized carbons (Fsp3) is 0.394. The highest BCUT2D eigenvalue weighted by Gasteiger charge is 2.41. The second-order valence-electron chi connectivity index (χ2n) is 12.5. The SMILES string of the molecule is CC(C)Cc1nnc2n1-c1cc(-c3ccccc3)c(-c3ccc(C4(NC(=O)OC(C)(C)C)CCC4)cc3)nc1OC2. The van der Waals surface area contributed by atoms with Crippen LogP contribution in [0, 0.1) is 5.92 Å². The standard InChI is InChI=1S/C33H37N5O3/c1-21(2)18-27-36-37-28-20-40-30-26(38(27)28)19-25(22-10-7-6-8-11-22)29(34-30)23-12-14-24(15-13-23)33(16-9-17-33)35-31(39)41-32(3,4)5/h6-8,10-15,19,21H,9,16-18,20H2,1-5H3,(H,35,39). The Balaban J connectivity index is 1.39. The zero-order valence-corrected chi connectivity index (χ0v) is 24.4. The molecule has 1 aliphatic heterocycles. The van der Waals surface area contributed by atoms with Gasteiger partial charge in [0.15, 0.2) is 12.4 Å². The van der Waals surface area contributed by atoms with Crippen molar-refractivity contribution in [2.45, 2.75) is 78.0 Å². The van der Waals surface area contributed by atoms with Gasteiger partial charge in [-0.15, -0.1) is 10.2 Å². The maximum absolute atomic E-state index is 12.6. The number of carbonyl (C=O) groups excluding carboxylic acids is 1. The summed E-state index contributed by atoms with van der Waals surface area (Å²) in [5.74, 6) is 2.72. The van der Waals surface area contributed by atoms with Crippen molar-refractivity contribution in [3.8, 4) is 34.0 Å². The van der Waals surface area contributed by atoms with Crippen molar-refractivity contribution in [3.63, 3.8) is 0 Å². The molecule has 1 amide bonds. The molecule has 8 nitrogen and oxygen atoms in total. The first-order valence-electron chi connectivity index (χ1n) is 14.4. The monoisotopic (exact) mass is 551 g/mol. The average Bonchev–Trinajstić information content (AvgIpc) is 3.32. The largest absolute Gasteiger partial charge is 0.468 e. The number of hydrogen-bond donors (Lipinski definition) is 1. The van der Waals surface area contributed by atoms with Gasteiger partial charge in [-0.2, -0.15) is 0 Å². The third kappa shape index (κ3) is 5.31. The van der Waals surface area contributed by atoms with Gasteiger partial charge >= 0.3 is 6.09 Å². The predicted molar refractivity (Wildman–Crippen MR) is 158 cm³/mol. The van der Waals surface area contributed by atoms with Gasteiger partial charge in [-0.25, -0.2) is 9.78 Å². The van der Waals surface area contributed by atoms with Crippen molar-refractivity contribution in [1.82, 2.24) is 25.1 Å². The number of ether oxygens (including phenoxy) is 2. The van der Waals surface area contributed by atoms with Crippen LogP contribution in [0.15, 0.2) is 60.7 Å². The number of nitrogens with one attached hydrogen (secondary N) is 1. The van der Waals surface area contributed by atoms with Crippen LogP contribution in [-0.2, 0) is 23.3 Å². The van der Waals surface area contributed by atoms with Crippen LogP contribution in [0.4, 0.5) is 4.79 Å². The molecule has 212 valence electrons. The van der Waals surface area contributed by atoms with Gasteiger partial charge in [0.2, 0.25) is 5.88 Å². The van der Waals surface area contributed by atoms with Crippen LogP contribution in [-0.4, -0.2) is 31.4 Å². The summed E-state index contributed by atoms with van der Waals surface area (Å²) in [6.07, 6.45) is 3.25. The molecule has 0 radical (unpaired) electrons. The van der Waals surface area contributed by atoms with Crippen molar-refractivity contribution in [2.24, 2.45) is 5.92 Å². The summed E-state index contributed by atoms with van der Waals surface area (Å²) in [4.78, 5) is 17.7. The van der Waals surface area contributed by atoms with Gasteiger partial charge in [-0.1, -0.05) is 68.4 Å². The van der Waals surface area contributed by atoms with Gasteiger partial charge < -0.3 is 14.8 Å². The summed E-state index contributed by atoms with van der Waals surface area (Å²) in [6.45, 7) is 10.3. The van der Waals surface area contributed by atoms with Crippen molar-refractivity contribution in [3.05, 3.63) is 77.9 Å². The fourth-order valence-electron chi connectivity index (χ4n) is 5.63. The minimum absolute atomic E-state index is 0.326. The fourth-order valence-corrected chi connectivity index (χ4v) is 5.63. The number of benzene rings is 2. The Labute approximate surface area is 241 Å². The van der Waals surface area contributed by atoms with E-state index in [1.807, 2.05) is 39.0 Å². The van der Waals surface area contributed by atoms with E-state index in [9.17, 15) is 4.79 Å². The van der Waals surface area contributed by atoms with Crippen LogP contribution < -0.4 is 10.1 Å². The number of nitrogens with zero attached hydrogens (tertiary/aromatic N) is 4. The second kappa shape index (κ2) is 10.3. The van der Waals surface area contributed by atoms with Crippen molar-refractivity contribution >= 4 is 6.09 Å². The van der Waals surface area contributed by atoms with E-state index in [-0.39, 0.29) is 6.09 Å². The number of fused-ring (bicyclic) bond motifs is 3. The van der Waals surface area contributed by atoms with Crippen LogP contribution in [0.2, 0.25) is 0 Å². The number of carbonyl (C=O) groups is 1. The van der Waals surface area contributed by atoms with Crippen LogP contribution >= 0.6 is 0 Å². The molecule has 0 saturated heterocycles. The quantitative estimate of drug-likeness (QED) is 0.278. The smallest absolute Gasteiger partial charge is 0.408 e. The summed E-state index contributed by atoms with van der Waals surface area (Å²) in [5, 5.41) is 12.0. The van der Waals surface area contributed by atoms with E-state index in [4.69, 9.17) is 14.5 Å². The molecule has 1 N–H and O–H groups in total. The number of pyridine rings is 1. The van der Waals surface area contributed by atoms with Gasteiger partial charge in [0, 0.05) is 17.5 Å². The highest BCUT2D eigenvalue weighted by Crippen LogP contribution is 2.43. The van der Waals surface area contributed by atoms with E-state index in [1.54, 1.807) is 0 Å².